The SMILES string of the molecule is NC(c1cccc(F)c1F)c1ccc(Br)c2ccccc12. The van der Waals surface area contributed by atoms with Crippen LogP contribution < -0.4 is 5.73 Å². The molecule has 0 heterocycles. The Kier molecular flexibility index (Phi) is 3.74. The summed E-state index contributed by atoms with van der Waals surface area (Å²) in [5, 5.41) is 1.91. The first-order chi connectivity index (χ1) is 10.1. The topological polar surface area (TPSA) is 26.0 Å². The summed E-state index contributed by atoms with van der Waals surface area (Å²) in [6.45, 7) is 0. The molecular weight excluding hydrogens is 336 g/mol. The number of nitrogens with two attached hydrogens (primary N) is 1. The molecule has 4 heteroatoms. The second-order valence-corrected chi connectivity index (χ2v) is 5.66. The third-order valence-corrected chi connectivity index (χ3v) is 4.25. The maximum absolute atomic E-state index is 14.0. The van der Waals surface area contributed by atoms with Crippen molar-refractivity contribution in [3.63, 3.8) is 0 Å². The van der Waals surface area contributed by atoms with Crippen molar-refractivity contribution in [3.8, 4) is 0 Å². The molecule has 0 spiro atoms. The Balaban J connectivity index is 2.21. The maximum atomic E-state index is 14.0. The normalized spacial score (nSPS) is 12.6. The first-order valence-electron chi connectivity index (χ1n) is 6.46. The van der Waals surface area contributed by atoms with Crippen LogP contribution >= 0.6 is 15.9 Å². The highest BCUT2D eigenvalue weighted by Gasteiger charge is 2.18. The summed E-state index contributed by atoms with van der Waals surface area (Å²) in [5.74, 6) is -1.78. The number of hydrogen-bond acceptors (Lipinski definition) is 1. The first kappa shape index (κ1) is 14.2. The fourth-order valence-electron chi connectivity index (χ4n) is 2.49. The Morgan fingerprint density at radius 1 is 0.810 bits per heavy atom. The third kappa shape index (κ3) is 2.45. The van der Waals surface area contributed by atoms with Gasteiger partial charge in [0.2, 0.25) is 0 Å². The van der Waals surface area contributed by atoms with Gasteiger partial charge in [0.25, 0.3) is 0 Å². The van der Waals surface area contributed by atoms with Crippen molar-refractivity contribution in [1.82, 2.24) is 0 Å². The van der Waals surface area contributed by atoms with Gasteiger partial charge < -0.3 is 5.73 Å². The Bertz CT molecular complexity index is 817. The van der Waals surface area contributed by atoms with Crippen LogP contribution in [-0.2, 0) is 0 Å². The molecule has 1 nitrogen and oxygen atoms in total. The number of benzene rings is 3. The minimum absolute atomic E-state index is 0.155. The van der Waals surface area contributed by atoms with Crippen molar-refractivity contribution in [3.05, 3.63) is 81.8 Å². The van der Waals surface area contributed by atoms with Gasteiger partial charge in [0, 0.05) is 10.0 Å². The molecule has 0 bridgehead atoms. The molecule has 1 atom stereocenters. The highest BCUT2D eigenvalue weighted by Crippen LogP contribution is 2.32. The van der Waals surface area contributed by atoms with E-state index in [-0.39, 0.29) is 5.56 Å². The molecule has 0 fully saturated rings. The van der Waals surface area contributed by atoms with Gasteiger partial charge in [0.15, 0.2) is 11.6 Å². The molecule has 0 amide bonds. The first-order valence-corrected chi connectivity index (χ1v) is 7.25. The predicted molar refractivity (Wildman–Crippen MR) is 84.0 cm³/mol. The van der Waals surface area contributed by atoms with Gasteiger partial charge in [-0.2, -0.15) is 0 Å². The maximum Gasteiger partial charge on any atom is 0.163 e. The molecule has 1 unspecified atom stereocenters. The molecule has 3 rings (SSSR count). The zero-order chi connectivity index (χ0) is 15.0. The van der Waals surface area contributed by atoms with E-state index in [0.29, 0.717) is 0 Å². The van der Waals surface area contributed by atoms with E-state index in [1.54, 1.807) is 0 Å². The summed E-state index contributed by atoms with van der Waals surface area (Å²) in [4.78, 5) is 0. The Hall–Kier alpha value is -1.78. The largest absolute Gasteiger partial charge is 0.320 e. The lowest BCUT2D eigenvalue weighted by molar-refractivity contribution is 0.495. The van der Waals surface area contributed by atoms with Crippen LogP contribution in [0.5, 0.6) is 0 Å². The summed E-state index contributed by atoms with van der Waals surface area (Å²) in [6.07, 6.45) is 0. The van der Waals surface area contributed by atoms with Crippen LogP contribution in [0.4, 0.5) is 8.78 Å². The zero-order valence-electron chi connectivity index (χ0n) is 11.0. The lowest BCUT2D eigenvalue weighted by atomic mass is 9.94. The Morgan fingerprint density at radius 3 is 2.29 bits per heavy atom. The van der Waals surface area contributed by atoms with Gasteiger partial charge in [-0.15, -0.1) is 0 Å². The van der Waals surface area contributed by atoms with Crippen LogP contribution in [0, 0.1) is 11.6 Å². The molecule has 0 radical (unpaired) electrons. The molecule has 3 aromatic rings. The van der Waals surface area contributed by atoms with E-state index < -0.39 is 17.7 Å². The third-order valence-electron chi connectivity index (χ3n) is 3.56. The minimum Gasteiger partial charge on any atom is -0.320 e. The highest BCUT2D eigenvalue weighted by molar-refractivity contribution is 9.10. The summed E-state index contributed by atoms with van der Waals surface area (Å²) >= 11 is 3.49. The molecule has 0 aliphatic heterocycles. The van der Waals surface area contributed by atoms with Gasteiger partial charge in [-0.1, -0.05) is 58.4 Å². The van der Waals surface area contributed by atoms with Crippen molar-refractivity contribution in [1.29, 1.82) is 0 Å². The van der Waals surface area contributed by atoms with Gasteiger partial charge in [0.1, 0.15) is 0 Å². The zero-order valence-corrected chi connectivity index (χ0v) is 12.6. The summed E-state index contributed by atoms with van der Waals surface area (Å²) < 4.78 is 28.3. The van der Waals surface area contributed by atoms with Crippen LogP contribution in [0.2, 0.25) is 0 Å². The van der Waals surface area contributed by atoms with Crippen molar-refractivity contribution in [2.45, 2.75) is 6.04 Å². The predicted octanol–water partition coefficient (Wildman–Crippen LogP) is 4.93. The quantitative estimate of drug-likeness (QED) is 0.698. The molecule has 21 heavy (non-hydrogen) atoms. The summed E-state index contributed by atoms with van der Waals surface area (Å²) in [6, 6.07) is 14.7. The average Bonchev–Trinajstić information content (AvgIpc) is 2.50. The fourth-order valence-corrected chi connectivity index (χ4v) is 2.96. The van der Waals surface area contributed by atoms with Gasteiger partial charge >= 0.3 is 0 Å². The molecule has 0 aliphatic rings. The van der Waals surface area contributed by atoms with Gasteiger partial charge in [-0.3, -0.25) is 0 Å². The molecule has 106 valence electrons. The lowest BCUT2D eigenvalue weighted by Gasteiger charge is -2.17. The highest BCUT2D eigenvalue weighted by atomic mass is 79.9. The van der Waals surface area contributed by atoms with Gasteiger partial charge in [-0.05, 0) is 28.5 Å². The van der Waals surface area contributed by atoms with Crippen molar-refractivity contribution >= 4 is 26.7 Å². The molecule has 3 aromatic carbocycles. The fraction of sp³-hybridized carbons (Fsp3) is 0.0588. The number of halogens is 3. The van der Waals surface area contributed by atoms with E-state index in [4.69, 9.17) is 5.73 Å². The van der Waals surface area contributed by atoms with Gasteiger partial charge in [0.05, 0.1) is 6.04 Å². The minimum atomic E-state index is -0.892. The molecule has 0 aliphatic carbocycles. The van der Waals surface area contributed by atoms with Crippen molar-refractivity contribution in [2.75, 3.05) is 0 Å². The average molecular weight is 348 g/mol. The van der Waals surface area contributed by atoms with Gasteiger partial charge in [-0.25, -0.2) is 8.78 Å². The van der Waals surface area contributed by atoms with E-state index in [1.807, 2.05) is 36.4 Å². The Labute approximate surface area is 129 Å². The number of rotatable bonds is 2. The number of hydrogen-bond donors (Lipinski definition) is 1. The van der Waals surface area contributed by atoms with E-state index >= 15 is 0 Å². The van der Waals surface area contributed by atoms with E-state index in [2.05, 4.69) is 15.9 Å². The standard InChI is InChI=1S/C17H12BrF2N/c18-14-9-8-12(10-4-1-2-5-11(10)14)17(21)13-6-3-7-15(19)16(13)20/h1-9,17H,21H2. The van der Waals surface area contributed by atoms with Crippen molar-refractivity contribution < 1.29 is 8.78 Å². The molecular formula is C17H12BrF2N. The summed E-state index contributed by atoms with van der Waals surface area (Å²) in [7, 11) is 0. The van der Waals surface area contributed by atoms with E-state index in [1.165, 1.54) is 12.1 Å². The van der Waals surface area contributed by atoms with E-state index in [9.17, 15) is 8.78 Å². The Morgan fingerprint density at radius 2 is 1.52 bits per heavy atom. The molecule has 0 saturated carbocycles. The second kappa shape index (κ2) is 5.54. The number of fused-ring (bicyclic) bond motifs is 1. The lowest BCUT2D eigenvalue weighted by Crippen LogP contribution is -2.14. The monoisotopic (exact) mass is 347 g/mol. The van der Waals surface area contributed by atoms with Crippen LogP contribution in [0.15, 0.2) is 59.1 Å². The smallest absolute Gasteiger partial charge is 0.163 e. The van der Waals surface area contributed by atoms with Crippen LogP contribution in [0.1, 0.15) is 17.2 Å². The van der Waals surface area contributed by atoms with Crippen LogP contribution in [0.3, 0.4) is 0 Å². The summed E-state index contributed by atoms with van der Waals surface area (Å²) in [5.41, 5.74) is 7.10. The van der Waals surface area contributed by atoms with Crippen LogP contribution in [-0.4, -0.2) is 0 Å². The second-order valence-electron chi connectivity index (χ2n) is 4.80. The van der Waals surface area contributed by atoms with E-state index in [0.717, 1.165) is 26.9 Å². The van der Waals surface area contributed by atoms with Crippen LogP contribution in [0.25, 0.3) is 10.8 Å². The molecule has 0 aromatic heterocycles. The molecule has 2 N–H and O–H groups in total. The molecule has 0 saturated heterocycles. The van der Waals surface area contributed by atoms with Crippen molar-refractivity contribution in [2.24, 2.45) is 5.73 Å².